The number of carbonyl (C=O) groups excluding carboxylic acids is 1. The quantitative estimate of drug-likeness (QED) is 0.676. The number of hydrogen-bond acceptors (Lipinski definition) is 4. The van der Waals surface area contributed by atoms with E-state index in [0.29, 0.717) is 6.61 Å². The Labute approximate surface area is 121 Å². The Morgan fingerprint density at radius 3 is 2.50 bits per heavy atom. The van der Waals surface area contributed by atoms with Gasteiger partial charge in [0.1, 0.15) is 0 Å². The molecule has 1 rings (SSSR count). The van der Waals surface area contributed by atoms with Crippen LogP contribution in [-0.4, -0.2) is 65.0 Å². The van der Waals surface area contributed by atoms with Gasteiger partial charge in [-0.15, -0.1) is 0 Å². The number of ether oxygens (including phenoxy) is 1. The summed E-state index contributed by atoms with van der Waals surface area (Å²) in [6, 6.07) is -0.245. The molecule has 1 aliphatic rings. The second-order valence-corrected chi connectivity index (χ2v) is 7.95. The Kier molecular flexibility index (Phi) is 5.79. The molecule has 0 aromatic rings. The van der Waals surface area contributed by atoms with Gasteiger partial charge in [-0.1, -0.05) is 13.8 Å². The van der Waals surface area contributed by atoms with Gasteiger partial charge in [-0.2, -0.15) is 0 Å². The lowest BCUT2D eigenvalue weighted by Crippen LogP contribution is -2.41. The van der Waals surface area contributed by atoms with Crippen LogP contribution in [0.25, 0.3) is 0 Å². The summed E-state index contributed by atoms with van der Waals surface area (Å²) in [5.41, 5.74) is 0.0415. The van der Waals surface area contributed by atoms with Crippen molar-refractivity contribution in [2.75, 3.05) is 39.5 Å². The number of rotatable bonds is 6. The Morgan fingerprint density at radius 2 is 2.00 bits per heavy atom. The number of nitrogens with zero attached hydrogens (tertiary/aromatic N) is 1. The monoisotopic (exact) mass is 307 g/mol. The van der Waals surface area contributed by atoms with Crippen molar-refractivity contribution in [3.05, 3.63) is 0 Å². The molecule has 7 nitrogen and oxygen atoms in total. The molecule has 1 saturated heterocycles. The third kappa shape index (κ3) is 6.06. The fourth-order valence-corrected chi connectivity index (χ4v) is 3.26. The number of nitrogens with one attached hydrogen (secondary N) is 2. The van der Waals surface area contributed by atoms with Crippen LogP contribution >= 0.6 is 0 Å². The summed E-state index contributed by atoms with van der Waals surface area (Å²) < 4.78 is 31.7. The molecule has 2 amide bonds. The van der Waals surface area contributed by atoms with Crippen LogP contribution in [0.3, 0.4) is 0 Å². The molecule has 0 unspecified atom stereocenters. The molecule has 0 saturated carbocycles. The number of sulfonamides is 1. The minimum absolute atomic E-state index is 0.0297. The van der Waals surface area contributed by atoms with Gasteiger partial charge in [-0.05, 0) is 11.8 Å². The lowest BCUT2D eigenvalue weighted by Gasteiger charge is -2.15. The highest BCUT2D eigenvalue weighted by molar-refractivity contribution is 7.89. The molecule has 20 heavy (non-hydrogen) atoms. The number of urea groups is 1. The van der Waals surface area contributed by atoms with E-state index in [4.69, 9.17) is 4.74 Å². The second kappa shape index (κ2) is 6.73. The molecule has 0 radical (unpaired) electrons. The molecule has 0 spiro atoms. The Morgan fingerprint density at radius 1 is 1.35 bits per heavy atom. The van der Waals surface area contributed by atoms with E-state index in [9.17, 15) is 13.2 Å². The van der Waals surface area contributed by atoms with Gasteiger partial charge in [0.05, 0.1) is 18.5 Å². The highest BCUT2D eigenvalue weighted by Crippen LogP contribution is 2.31. The number of carbonyl (C=O) groups is 1. The van der Waals surface area contributed by atoms with E-state index >= 15 is 0 Å². The third-order valence-electron chi connectivity index (χ3n) is 3.02. The van der Waals surface area contributed by atoms with Crippen molar-refractivity contribution in [2.24, 2.45) is 5.41 Å². The Hall–Kier alpha value is -0.860. The lowest BCUT2D eigenvalue weighted by molar-refractivity contribution is 0.113. The van der Waals surface area contributed by atoms with Gasteiger partial charge in [-0.25, -0.2) is 17.9 Å². The summed E-state index contributed by atoms with van der Waals surface area (Å²) in [5, 5.41) is 2.59. The van der Waals surface area contributed by atoms with Crippen molar-refractivity contribution in [1.29, 1.82) is 0 Å². The molecular formula is C12H25N3O4S. The van der Waals surface area contributed by atoms with E-state index in [1.807, 2.05) is 0 Å². The minimum Gasteiger partial charge on any atom is -0.377 e. The molecule has 1 heterocycles. The van der Waals surface area contributed by atoms with Crippen molar-refractivity contribution in [3.63, 3.8) is 0 Å². The number of hydrogen-bond donors (Lipinski definition) is 2. The average Bonchev–Trinajstić information content (AvgIpc) is 2.62. The maximum absolute atomic E-state index is 11.9. The van der Waals surface area contributed by atoms with Crippen molar-refractivity contribution in [1.82, 2.24) is 14.9 Å². The van der Waals surface area contributed by atoms with Crippen LogP contribution in [0, 0.1) is 5.41 Å². The summed E-state index contributed by atoms with van der Waals surface area (Å²) in [4.78, 5) is 12.6. The zero-order valence-electron chi connectivity index (χ0n) is 12.6. The first-order valence-corrected chi connectivity index (χ1v) is 8.31. The van der Waals surface area contributed by atoms with Gasteiger partial charge in [0.2, 0.25) is 10.0 Å². The summed E-state index contributed by atoms with van der Waals surface area (Å²) >= 11 is 0. The minimum atomic E-state index is -3.37. The zero-order valence-corrected chi connectivity index (χ0v) is 13.4. The maximum Gasteiger partial charge on any atom is 0.316 e. The fourth-order valence-electron chi connectivity index (χ4n) is 2.02. The van der Waals surface area contributed by atoms with Crippen LogP contribution in [0.15, 0.2) is 0 Å². The van der Waals surface area contributed by atoms with Crippen molar-refractivity contribution in [2.45, 2.75) is 26.4 Å². The molecule has 0 aromatic carbocycles. The second-order valence-electron chi connectivity index (χ2n) is 6.10. The summed E-state index contributed by atoms with van der Waals surface area (Å²) in [6.45, 7) is 5.14. The van der Waals surface area contributed by atoms with Crippen LogP contribution in [0.5, 0.6) is 0 Å². The predicted octanol–water partition coefficient (Wildman–Crippen LogP) is -0.00790. The van der Waals surface area contributed by atoms with Crippen molar-refractivity contribution in [3.8, 4) is 0 Å². The number of amides is 2. The summed E-state index contributed by atoms with van der Waals surface area (Å²) in [6.07, 6.45) is 0.490. The molecule has 1 aliphatic heterocycles. The summed E-state index contributed by atoms with van der Waals surface area (Å²) in [7, 11) is -0.126. The molecule has 0 aromatic heterocycles. The van der Waals surface area contributed by atoms with E-state index in [1.54, 1.807) is 14.1 Å². The van der Waals surface area contributed by atoms with Gasteiger partial charge in [0.25, 0.3) is 0 Å². The summed E-state index contributed by atoms with van der Waals surface area (Å²) in [5.74, 6) is -0.0297. The first kappa shape index (κ1) is 17.2. The van der Waals surface area contributed by atoms with E-state index in [1.165, 1.54) is 4.90 Å². The smallest absolute Gasteiger partial charge is 0.316 e. The Balaban J connectivity index is 2.27. The average molecular weight is 307 g/mol. The molecule has 8 heteroatoms. The standard InChI is InChI=1S/C12H25N3O4S/c1-12(2)7-10(19-9-12)8-20(17,18)14-6-5-13-11(16)15(3)4/h10,14H,5-9H2,1-4H3,(H,13,16)/t10-/m1/s1. The van der Waals surface area contributed by atoms with Crippen molar-refractivity contribution < 1.29 is 17.9 Å². The van der Waals surface area contributed by atoms with E-state index < -0.39 is 10.0 Å². The van der Waals surface area contributed by atoms with Crippen LogP contribution in [0.4, 0.5) is 4.79 Å². The lowest BCUT2D eigenvalue weighted by atomic mass is 9.91. The highest BCUT2D eigenvalue weighted by atomic mass is 32.2. The molecule has 1 fully saturated rings. The first-order valence-electron chi connectivity index (χ1n) is 6.65. The maximum atomic E-state index is 11.9. The van der Waals surface area contributed by atoms with Gasteiger partial charge in [0.15, 0.2) is 0 Å². The molecule has 1 atom stereocenters. The topological polar surface area (TPSA) is 87.7 Å². The van der Waals surface area contributed by atoms with Crippen LogP contribution < -0.4 is 10.0 Å². The van der Waals surface area contributed by atoms with Crippen LogP contribution in [-0.2, 0) is 14.8 Å². The van der Waals surface area contributed by atoms with Crippen molar-refractivity contribution >= 4 is 16.1 Å². The molecule has 0 bridgehead atoms. The Bertz CT molecular complexity index is 434. The van der Waals surface area contributed by atoms with Gasteiger partial charge < -0.3 is 15.0 Å². The van der Waals surface area contributed by atoms with E-state index in [2.05, 4.69) is 23.9 Å². The zero-order chi connectivity index (χ0) is 15.4. The van der Waals surface area contributed by atoms with E-state index in [-0.39, 0.29) is 36.4 Å². The molecule has 118 valence electrons. The molecular weight excluding hydrogens is 282 g/mol. The van der Waals surface area contributed by atoms with Crippen LogP contribution in [0.1, 0.15) is 20.3 Å². The predicted molar refractivity (Wildman–Crippen MR) is 77.0 cm³/mol. The third-order valence-corrected chi connectivity index (χ3v) is 4.48. The largest absolute Gasteiger partial charge is 0.377 e. The van der Waals surface area contributed by atoms with E-state index in [0.717, 1.165) is 6.42 Å². The normalized spacial score (nSPS) is 21.7. The SMILES string of the molecule is CN(C)C(=O)NCCNS(=O)(=O)C[C@H]1CC(C)(C)CO1. The first-order chi connectivity index (χ1) is 9.11. The van der Waals surface area contributed by atoms with Gasteiger partial charge >= 0.3 is 6.03 Å². The van der Waals surface area contributed by atoms with Gasteiger partial charge in [0, 0.05) is 27.2 Å². The molecule has 0 aliphatic carbocycles. The fraction of sp³-hybridized carbons (Fsp3) is 0.917. The van der Waals surface area contributed by atoms with Gasteiger partial charge in [-0.3, -0.25) is 0 Å². The van der Waals surface area contributed by atoms with Crippen LogP contribution in [0.2, 0.25) is 0 Å². The molecule has 2 N–H and O–H groups in total. The highest BCUT2D eigenvalue weighted by Gasteiger charge is 2.34.